The zero-order valence-electron chi connectivity index (χ0n) is 11.4. The fraction of sp³-hybridized carbons (Fsp3) is 0.250. The largest absolute Gasteiger partial charge is 0.497 e. The fourth-order valence-corrected chi connectivity index (χ4v) is 2.42. The summed E-state index contributed by atoms with van der Waals surface area (Å²) in [5.41, 5.74) is 8.84. The van der Waals surface area contributed by atoms with Crippen molar-refractivity contribution in [2.75, 3.05) is 24.7 Å². The maximum Gasteiger partial charge on any atom is 0.123 e. The second-order valence-electron chi connectivity index (χ2n) is 4.89. The SMILES string of the molecule is COc1ccc(NCC2Cc3ccccc3O2)c(N)c1. The Hall–Kier alpha value is -2.36. The van der Waals surface area contributed by atoms with Crippen LogP contribution in [0.25, 0.3) is 0 Å². The molecule has 3 rings (SSSR count). The highest BCUT2D eigenvalue weighted by Crippen LogP contribution is 2.29. The molecule has 1 unspecified atom stereocenters. The Morgan fingerprint density at radius 2 is 2.15 bits per heavy atom. The lowest BCUT2D eigenvalue weighted by molar-refractivity contribution is 0.246. The van der Waals surface area contributed by atoms with Crippen LogP contribution in [0.15, 0.2) is 42.5 Å². The quantitative estimate of drug-likeness (QED) is 0.839. The van der Waals surface area contributed by atoms with Crippen LogP contribution in [-0.2, 0) is 6.42 Å². The average Bonchev–Trinajstić information content (AvgIpc) is 2.88. The van der Waals surface area contributed by atoms with Crippen LogP contribution in [-0.4, -0.2) is 19.8 Å². The van der Waals surface area contributed by atoms with Gasteiger partial charge in [0.2, 0.25) is 0 Å². The fourth-order valence-electron chi connectivity index (χ4n) is 2.42. The molecule has 0 aliphatic carbocycles. The number of methoxy groups -OCH3 is 1. The maximum absolute atomic E-state index is 5.98. The van der Waals surface area contributed by atoms with Gasteiger partial charge in [0.15, 0.2) is 0 Å². The van der Waals surface area contributed by atoms with E-state index in [1.165, 1.54) is 5.56 Å². The van der Waals surface area contributed by atoms with E-state index < -0.39 is 0 Å². The first kappa shape index (κ1) is 12.7. The summed E-state index contributed by atoms with van der Waals surface area (Å²) in [6.45, 7) is 0.727. The third kappa shape index (κ3) is 2.50. The van der Waals surface area contributed by atoms with E-state index in [1.54, 1.807) is 7.11 Å². The van der Waals surface area contributed by atoms with Gasteiger partial charge in [-0.05, 0) is 23.8 Å². The number of hydrogen-bond donors (Lipinski definition) is 2. The Balaban J connectivity index is 1.61. The molecule has 1 heterocycles. The number of fused-ring (bicyclic) bond motifs is 1. The summed E-state index contributed by atoms with van der Waals surface area (Å²) in [7, 11) is 1.63. The van der Waals surface area contributed by atoms with E-state index in [0.29, 0.717) is 5.69 Å². The van der Waals surface area contributed by atoms with Crippen LogP contribution in [0.3, 0.4) is 0 Å². The van der Waals surface area contributed by atoms with E-state index in [9.17, 15) is 0 Å². The van der Waals surface area contributed by atoms with Crippen molar-refractivity contribution in [2.45, 2.75) is 12.5 Å². The third-order valence-electron chi connectivity index (χ3n) is 3.49. The summed E-state index contributed by atoms with van der Waals surface area (Å²) in [6, 6.07) is 13.8. The molecule has 4 heteroatoms. The van der Waals surface area contributed by atoms with Gasteiger partial charge >= 0.3 is 0 Å². The van der Waals surface area contributed by atoms with Gasteiger partial charge in [-0.2, -0.15) is 0 Å². The van der Waals surface area contributed by atoms with E-state index in [1.807, 2.05) is 36.4 Å². The minimum absolute atomic E-state index is 0.147. The van der Waals surface area contributed by atoms with Crippen LogP contribution in [0.2, 0.25) is 0 Å². The predicted molar refractivity (Wildman–Crippen MR) is 80.5 cm³/mol. The van der Waals surface area contributed by atoms with E-state index in [2.05, 4.69) is 11.4 Å². The lowest BCUT2D eigenvalue weighted by Gasteiger charge is -2.14. The van der Waals surface area contributed by atoms with E-state index in [4.69, 9.17) is 15.2 Å². The lowest BCUT2D eigenvalue weighted by Crippen LogP contribution is -2.24. The van der Waals surface area contributed by atoms with E-state index in [0.717, 1.165) is 30.2 Å². The second-order valence-corrected chi connectivity index (χ2v) is 4.89. The van der Waals surface area contributed by atoms with Gasteiger partial charge < -0.3 is 20.5 Å². The van der Waals surface area contributed by atoms with Gasteiger partial charge in [0.1, 0.15) is 17.6 Å². The average molecular weight is 270 g/mol. The van der Waals surface area contributed by atoms with Crippen molar-refractivity contribution >= 4 is 11.4 Å². The lowest BCUT2D eigenvalue weighted by atomic mass is 10.1. The molecular formula is C16H18N2O2. The highest BCUT2D eigenvalue weighted by molar-refractivity contribution is 5.68. The monoisotopic (exact) mass is 270 g/mol. The Bertz CT molecular complexity index is 588. The molecule has 1 aliphatic rings. The number of para-hydroxylation sites is 1. The molecule has 0 amide bonds. The normalized spacial score (nSPS) is 16.4. The summed E-state index contributed by atoms with van der Waals surface area (Å²) in [6.07, 6.45) is 1.08. The van der Waals surface area contributed by atoms with Gasteiger partial charge in [0.25, 0.3) is 0 Å². The number of anilines is 2. The predicted octanol–water partition coefficient (Wildman–Crippen LogP) is 2.69. The van der Waals surface area contributed by atoms with Crippen molar-refractivity contribution in [3.63, 3.8) is 0 Å². The molecule has 4 nitrogen and oxygen atoms in total. The van der Waals surface area contributed by atoms with Crippen LogP contribution in [0.5, 0.6) is 11.5 Å². The van der Waals surface area contributed by atoms with Gasteiger partial charge in [0, 0.05) is 12.5 Å². The van der Waals surface area contributed by atoms with Crippen molar-refractivity contribution in [3.05, 3.63) is 48.0 Å². The van der Waals surface area contributed by atoms with Crippen LogP contribution >= 0.6 is 0 Å². The zero-order chi connectivity index (χ0) is 13.9. The van der Waals surface area contributed by atoms with Crippen molar-refractivity contribution in [3.8, 4) is 11.5 Å². The molecule has 0 bridgehead atoms. The molecular weight excluding hydrogens is 252 g/mol. The summed E-state index contributed by atoms with van der Waals surface area (Å²) in [4.78, 5) is 0. The van der Waals surface area contributed by atoms with Gasteiger partial charge in [-0.15, -0.1) is 0 Å². The Labute approximate surface area is 118 Å². The number of hydrogen-bond acceptors (Lipinski definition) is 4. The number of ether oxygens (including phenoxy) is 2. The molecule has 0 spiro atoms. The second kappa shape index (κ2) is 5.33. The Morgan fingerprint density at radius 3 is 2.90 bits per heavy atom. The molecule has 0 aromatic heterocycles. The van der Waals surface area contributed by atoms with Crippen LogP contribution in [0.4, 0.5) is 11.4 Å². The molecule has 0 saturated heterocycles. The number of rotatable bonds is 4. The Kier molecular flexibility index (Phi) is 3.37. The standard InChI is InChI=1S/C16H18N2O2/c1-19-12-6-7-15(14(17)9-12)18-10-13-8-11-4-2-3-5-16(11)20-13/h2-7,9,13,18H,8,10,17H2,1H3. The molecule has 0 fully saturated rings. The number of benzene rings is 2. The van der Waals surface area contributed by atoms with Gasteiger partial charge in [0.05, 0.1) is 25.0 Å². The van der Waals surface area contributed by atoms with E-state index >= 15 is 0 Å². The summed E-state index contributed by atoms with van der Waals surface area (Å²) in [5.74, 6) is 1.75. The number of nitrogens with one attached hydrogen (secondary N) is 1. The van der Waals surface area contributed by atoms with Crippen molar-refractivity contribution in [2.24, 2.45) is 0 Å². The molecule has 2 aromatic rings. The van der Waals surface area contributed by atoms with Crippen LogP contribution < -0.4 is 20.5 Å². The van der Waals surface area contributed by atoms with Gasteiger partial charge in [-0.1, -0.05) is 18.2 Å². The van der Waals surface area contributed by atoms with Gasteiger partial charge in [-0.25, -0.2) is 0 Å². The molecule has 3 N–H and O–H groups in total. The molecule has 0 saturated carbocycles. The molecule has 20 heavy (non-hydrogen) atoms. The minimum atomic E-state index is 0.147. The maximum atomic E-state index is 5.98. The van der Waals surface area contributed by atoms with Crippen LogP contribution in [0.1, 0.15) is 5.56 Å². The first-order valence-electron chi connectivity index (χ1n) is 6.68. The zero-order valence-corrected chi connectivity index (χ0v) is 11.4. The van der Waals surface area contributed by atoms with Crippen molar-refractivity contribution in [1.82, 2.24) is 0 Å². The number of nitrogens with two attached hydrogens (primary N) is 1. The summed E-state index contributed by atoms with van der Waals surface area (Å²) < 4.78 is 11.0. The number of nitrogen functional groups attached to an aromatic ring is 1. The Morgan fingerprint density at radius 1 is 1.30 bits per heavy atom. The summed E-state index contributed by atoms with van der Waals surface area (Å²) in [5, 5.41) is 3.34. The molecule has 1 aliphatic heterocycles. The van der Waals surface area contributed by atoms with Crippen LogP contribution in [0, 0.1) is 0 Å². The summed E-state index contributed by atoms with van der Waals surface area (Å²) >= 11 is 0. The molecule has 1 atom stereocenters. The molecule has 2 aromatic carbocycles. The topological polar surface area (TPSA) is 56.5 Å². The van der Waals surface area contributed by atoms with Gasteiger partial charge in [-0.3, -0.25) is 0 Å². The minimum Gasteiger partial charge on any atom is -0.497 e. The first-order valence-corrected chi connectivity index (χ1v) is 6.68. The first-order chi connectivity index (χ1) is 9.76. The van der Waals surface area contributed by atoms with E-state index in [-0.39, 0.29) is 6.10 Å². The van der Waals surface area contributed by atoms with Crippen molar-refractivity contribution in [1.29, 1.82) is 0 Å². The third-order valence-corrected chi connectivity index (χ3v) is 3.49. The molecule has 0 radical (unpaired) electrons. The molecule has 104 valence electrons. The highest BCUT2D eigenvalue weighted by Gasteiger charge is 2.21. The van der Waals surface area contributed by atoms with Crippen molar-refractivity contribution < 1.29 is 9.47 Å². The highest BCUT2D eigenvalue weighted by atomic mass is 16.5. The smallest absolute Gasteiger partial charge is 0.123 e.